The van der Waals surface area contributed by atoms with E-state index < -0.39 is 0 Å². The molecule has 0 saturated heterocycles. The van der Waals surface area contributed by atoms with Crippen LogP contribution in [0.2, 0.25) is 0 Å². The monoisotopic (exact) mass is 208 g/mol. The minimum atomic E-state index is 0.0509. The van der Waals surface area contributed by atoms with Gasteiger partial charge in [0.2, 0.25) is 5.75 Å². The van der Waals surface area contributed by atoms with E-state index in [-0.39, 0.29) is 5.75 Å². The Morgan fingerprint density at radius 1 is 1.40 bits per heavy atom. The molecule has 1 aromatic carbocycles. The summed E-state index contributed by atoms with van der Waals surface area (Å²) in [6.45, 7) is 4.29. The Morgan fingerprint density at radius 2 is 2.13 bits per heavy atom. The SMILES string of the molecule is CC=Cc1ccc(OC)c(O)c1OCC. The van der Waals surface area contributed by atoms with Crippen molar-refractivity contribution in [3.05, 3.63) is 23.8 Å². The summed E-state index contributed by atoms with van der Waals surface area (Å²) in [4.78, 5) is 0. The van der Waals surface area contributed by atoms with E-state index >= 15 is 0 Å². The minimum Gasteiger partial charge on any atom is -0.502 e. The predicted octanol–water partition coefficient (Wildman–Crippen LogP) is 2.83. The van der Waals surface area contributed by atoms with Gasteiger partial charge >= 0.3 is 0 Å². The average Bonchev–Trinajstić information content (AvgIpc) is 2.24. The number of phenolic OH excluding ortho intramolecular Hbond substituents is 1. The number of aromatic hydroxyl groups is 1. The molecule has 0 fully saturated rings. The third-order valence-corrected chi connectivity index (χ3v) is 1.98. The molecule has 0 aromatic heterocycles. The maximum Gasteiger partial charge on any atom is 0.201 e. The van der Waals surface area contributed by atoms with Gasteiger partial charge in [-0.3, -0.25) is 0 Å². The smallest absolute Gasteiger partial charge is 0.201 e. The molecule has 3 heteroatoms. The van der Waals surface area contributed by atoms with Crippen molar-refractivity contribution in [1.29, 1.82) is 0 Å². The summed E-state index contributed by atoms with van der Waals surface area (Å²) >= 11 is 0. The second-order valence-corrected chi connectivity index (χ2v) is 2.97. The predicted molar refractivity (Wildman–Crippen MR) is 60.5 cm³/mol. The fourth-order valence-electron chi connectivity index (χ4n) is 1.34. The molecule has 0 radical (unpaired) electrons. The zero-order valence-electron chi connectivity index (χ0n) is 9.28. The summed E-state index contributed by atoms with van der Waals surface area (Å²) in [5.41, 5.74) is 0.845. The van der Waals surface area contributed by atoms with Crippen LogP contribution < -0.4 is 9.47 Å². The van der Waals surface area contributed by atoms with Crippen molar-refractivity contribution < 1.29 is 14.6 Å². The first-order valence-corrected chi connectivity index (χ1v) is 4.90. The van der Waals surface area contributed by atoms with E-state index in [4.69, 9.17) is 9.47 Å². The van der Waals surface area contributed by atoms with E-state index in [9.17, 15) is 5.11 Å². The van der Waals surface area contributed by atoms with Crippen molar-refractivity contribution in [2.24, 2.45) is 0 Å². The molecule has 0 amide bonds. The first-order chi connectivity index (χ1) is 7.24. The molecule has 0 aliphatic carbocycles. The van der Waals surface area contributed by atoms with Gasteiger partial charge in [-0.05, 0) is 26.0 Å². The van der Waals surface area contributed by atoms with Crippen molar-refractivity contribution >= 4 is 6.08 Å². The number of hydrogen-bond donors (Lipinski definition) is 1. The number of hydrogen-bond acceptors (Lipinski definition) is 3. The lowest BCUT2D eigenvalue weighted by atomic mass is 10.1. The molecule has 15 heavy (non-hydrogen) atoms. The topological polar surface area (TPSA) is 38.7 Å². The van der Waals surface area contributed by atoms with Crippen molar-refractivity contribution in [3.63, 3.8) is 0 Å². The van der Waals surface area contributed by atoms with Crippen LogP contribution in [0.15, 0.2) is 18.2 Å². The molecule has 0 saturated carbocycles. The molecule has 0 atom stereocenters. The van der Waals surface area contributed by atoms with Crippen molar-refractivity contribution in [3.8, 4) is 17.2 Å². The lowest BCUT2D eigenvalue weighted by Gasteiger charge is -2.12. The van der Waals surface area contributed by atoms with Gasteiger partial charge in [0.25, 0.3) is 0 Å². The van der Waals surface area contributed by atoms with Crippen LogP contribution >= 0.6 is 0 Å². The van der Waals surface area contributed by atoms with E-state index in [2.05, 4.69) is 0 Å². The van der Waals surface area contributed by atoms with Crippen LogP contribution in [-0.4, -0.2) is 18.8 Å². The van der Waals surface area contributed by atoms with Crippen LogP contribution in [0.4, 0.5) is 0 Å². The third-order valence-electron chi connectivity index (χ3n) is 1.98. The second-order valence-electron chi connectivity index (χ2n) is 2.97. The van der Waals surface area contributed by atoms with E-state index in [0.29, 0.717) is 18.1 Å². The fourth-order valence-corrected chi connectivity index (χ4v) is 1.34. The Morgan fingerprint density at radius 3 is 2.67 bits per heavy atom. The van der Waals surface area contributed by atoms with Gasteiger partial charge in [0.05, 0.1) is 13.7 Å². The molecule has 0 unspecified atom stereocenters. The maximum absolute atomic E-state index is 9.84. The fraction of sp³-hybridized carbons (Fsp3) is 0.333. The van der Waals surface area contributed by atoms with Crippen molar-refractivity contribution in [2.75, 3.05) is 13.7 Å². The highest BCUT2D eigenvalue weighted by Crippen LogP contribution is 2.39. The largest absolute Gasteiger partial charge is 0.502 e. The number of rotatable bonds is 4. The molecular weight excluding hydrogens is 192 g/mol. The number of benzene rings is 1. The zero-order chi connectivity index (χ0) is 11.3. The number of methoxy groups -OCH3 is 1. The summed E-state index contributed by atoms with van der Waals surface area (Å²) in [5.74, 6) is 0.941. The Balaban J connectivity index is 3.23. The molecule has 0 aliphatic heterocycles. The zero-order valence-corrected chi connectivity index (χ0v) is 9.28. The lowest BCUT2D eigenvalue weighted by Crippen LogP contribution is -1.96. The van der Waals surface area contributed by atoms with Gasteiger partial charge in [0.15, 0.2) is 11.5 Å². The van der Waals surface area contributed by atoms with Crippen molar-refractivity contribution in [1.82, 2.24) is 0 Å². The van der Waals surface area contributed by atoms with Gasteiger partial charge in [-0.2, -0.15) is 0 Å². The number of allylic oxidation sites excluding steroid dienone is 1. The van der Waals surface area contributed by atoms with Crippen LogP contribution in [0.5, 0.6) is 17.2 Å². The molecule has 1 N–H and O–H groups in total. The maximum atomic E-state index is 9.84. The van der Waals surface area contributed by atoms with Crippen LogP contribution in [0.1, 0.15) is 19.4 Å². The molecular formula is C12H16O3. The molecule has 0 bridgehead atoms. The highest BCUT2D eigenvalue weighted by atomic mass is 16.5. The first-order valence-electron chi connectivity index (χ1n) is 4.90. The van der Waals surface area contributed by atoms with E-state index in [1.165, 1.54) is 7.11 Å². The Labute approximate surface area is 90.0 Å². The van der Waals surface area contributed by atoms with Gasteiger partial charge in [-0.25, -0.2) is 0 Å². The van der Waals surface area contributed by atoms with Crippen molar-refractivity contribution in [2.45, 2.75) is 13.8 Å². The second kappa shape index (κ2) is 5.29. The summed E-state index contributed by atoms with van der Waals surface area (Å²) in [6.07, 6.45) is 3.77. The van der Waals surface area contributed by atoms with Gasteiger partial charge in [-0.1, -0.05) is 12.2 Å². The lowest BCUT2D eigenvalue weighted by molar-refractivity contribution is 0.304. The van der Waals surface area contributed by atoms with Gasteiger partial charge in [0.1, 0.15) is 0 Å². The Hall–Kier alpha value is -1.64. The summed E-state index contributed by atoms with van der Waals surface area (Å²) < 4.78 is 10.4. The quantitative estimate of drug-likeness (QED) is 0.826. The molecule has 3 nitrogen and oxygen atoms in total. The highest BCUT2D eigenvalue weighted by molar-refractivity contribution is 5.65. The highest BCUT2D eigenvalue weighted by Gasteiger charge is 2.12. The molecule has 1 aromatic rings. The van der Waals surface area contributed by atoms with Crippen LogP contribution in [0.25, 0.3) is 6.08 Å². The van der Waals surface area contributed by atoms with Crippen LogP contribution in [0.3, 0.4) is 0 Å². The summed E-state index contributed by atoms with van der Waals surface area (Å²) in [7, 11) is 1.51. The standard InChI is InChI=1S/C12H16O3/c1-4-6-9-7-8-10(14-3)11(13)12(9)15-5-2/h4,6-8,13H,5H2,1-3H3. The van der Waals surface area contributed by atoms with E-state index in [1.807, 2.05) is 32.1 Å². The summed E-state index contributed by atoms with van der Waals surface area (Å²) in [5, 5.41) is 9.84. The van der Waals surface area contributed by atoms with Gasteiger partial charge < -0.3 is 14.6 Å². The van der Waals surface area contributed by atoms with Gasteiger partial charge in [-0.15, -0.1) is 0 Å². The first kappa shape index (κ1) is 11.4. The molecule has 0 spiro atoms. The Bertz CT molecular complexity index is 356. The minimum absolute atomic E-state index is 0.0509. The molecule has 82 valence electrons. The van der Waals surface area contributed by atoms with E-state index in [0.717, 1.165) is 5.56 Å². The number of phenols is 1. The normalized spacial score (nSPS) is 10.6. The molecule has 1 rings (SSSR count). The average molecular weight is 208 g/mol. The summed E-state index contributed by atoms with van der Waals surface area (Å²) in [6, 6.07) is 3.57. The number of ether oxygens (including phenoxy) is 2. The van der Waals surface area contributed by atoms with Crippen LogP contribution in [-0.2, 0) is 0 Å². The molecule has 0 aliphatic rings. The third kappa shape index (κ3) is 2.43. The van der Waals surface area contributed by atoms with Crippen LogP contribution in [0, 0.1) is 0 Å². The van der Waals surface area contributed by atoms with E-state index in [1.54, 1.807) is 6.07 Å². The molecule has 0 heterocycles. The Kier molecular flexibility index (Phi) is 4.03. The van der Waals surface area contributed by atoms with Gasteiger partial charge in [0, 0.05) is 5.56 Å².